The number of hydrogen-bond acceptors (Lipinski definition) is 3. The number of halogens is 1. The Kier molecular flexibility index (Phi) is 3.43. The van der Waals surface area contributed by atoms with Crippen molar-refractivity contribution in [3.05, 3.63) is 45.6 Å². The molecular weight excluding hydrogens is 292 g/mol. The number of methoxy groups -OCH3 is 1. The first-order chi connectivity index (χ1) is 9.50. The highest BCUT2D eigenvalue weighted by Crippen LogP contribution is 2.42. The Balaban J connectivity index is 1.93. The van der Waals surface area contributed by atoms with Gasteiger partial charge in [0, 0.05) is 6.42 Å². The number of fused-ring (bicyclic) bond motifs is 1. The Labute approximate surface area is 128 Å². The Morgan fingerprint density at radius 1 is 1.35 bits per heavy atom. The lowest BCUT2D eigenvalue weighted by Gasteiger charge is -2.16. The van der Waals surface area contributed by atoms with Crippen LogP contribution in [-0.4, -0.2) is 12.7 Å². The van der Waals surface area contributed by atoms with Crippen molar-refractivity contribution in [2.75, 3.05) is 7.11 Å². The summed E-state index contributed by atoms with van der Waals surface area (Å²) in [6, 6.07) is 8.17. The molecule has 0 saturated heterocycles. The van der Waals surface area contributed by atoms with Crippen LogP contribution in [-0.2, 0) is 6.42 Å². The fraction of sp³-hybridized carbons (Fsp3) is 0.375. The predicted molar refractivity (Wildman–Crippen MR) is 83.4 cm³/mol. The summed E-state index contributed by atoms with van der Waals surface area (Å²) >= 11 is 8.24. The van der Waals surface area contributed by atoms with Gasteiger partial charge < -0.3 is 9.47 Å². The Morgan fingerprint density at radius 2 is 2.15 bits per heavy atom. The molecule has 1 atom stereocenters. The van der Waals surface area contributed by atoms with Gasteiger partial charge in [0.25, 0.3) is 0 Å². The smallest absolute Gasteiger partial charge is 0.134 e. The molecule has 0 N–H and O–H groups in total. The topological polar surface area (TPSA) is 18.5 Å². The van der Waals surface area contributed by atoms with Crippen molar-refractivity contribution >= 4 is 22.9 Å². The summed E-state index contributed by atoms with van der Waals surface area (Å²) < 4.78 is 11.3. The lowest BCUT2D eigenvalue weighted by Crippen LogP contribution is -2.24. The molecule has 0 spiro atoms. The van der Waals surface area contributed by atoms with Gasteiger partial charge in [-0.05, 0) is 42.5 Å². The zero-order valence-electron chi connectivity index (χ0n) is 11.8. The maximum Gasteiger partial charge on any atom is 0.134 e. The molecule has 3 rings (SSSR count). The van der Waals surface area contributed by atoms with E-state index in [0.29, 0.717) is 0 Å². The van der Waals surface area contributed by atoms with E-state index >= 15 is 0 Å². The summed E-state index contributed by atoms with van der Waals surface area (Å²) in [5.41, 5.74) is 2.20. The van der Waals surface area contributed by atoms with Crippen LogP contribution < -0.4 is 9.47 Å². The molecule has 20 heavy (non-hydrogen) atoms. The van der Waals surface area contributed by atoms with Crippen molar-refractivity contribution < 1.29 is 9.47 Å². The normalized spacial score (nSPS) is 17.4. The molecule has 2 nitrogen and oxygen atoms in total. The maximum atomic E-state index is 6.62. The van der Waals surface area contributed by atoms with Crippen molar-refractivity contribution in [3.63, 3.8) is 0 Å². The van der Waals surface area contributed by atoms with Crippen LogP contribution in [0.25, 0.3) is 0 Å². The van der Waals surface area contributed by atoms with Gasteiger partial charge in [-0.25, -0.2) is 0 Å². The highest BCUT2D eigenvalue weighted by molar-refractivity contribution is 7.10. The molecule has 0 amide bonds. The van der Waals surface area contributed by atoms with E-state index in [0.717, 1.165) is 28.4 Å². The second kappa shape index (κ2) is 4.97. The molecule has 1 aliphatic heterocycles. The fourth-order valence-corrected chi connectivity index (χ4v) is 3.86. The van der Waals surface area contributed by atoms with E-state index in [9.17, 15) is 0 Å². The summed E-state index contributed by atoms with van der Waals surface area (Å²) in [6.07, 6.45) is 0.918. The molecule has 4 heteroatoms. The Morgan fingerprint density at radius 3 is 2.90 bits per heavy atom. The van der Waals surface area contributed by atoms with E-state index in [1.807, 2.05) is 23.6 Å². The van der Waals surface area contributed by atoms with Crippen LogP contribution in [0, 0.1) is 0 Å². The van der Waals surface area contributed by atoms with Gasteiger partial charge in [0.05, 0.1) is 17.4 Å². The van der Waals surface area contributed by atoms with Gasteiger partial charge in [-0.1, -0.05) is 12.1 Å². The SMILES string of the molecule is COc1ccsc1C(Cl)c1ccc2c(c1)CC(C)(C)O2. The zero-order valence-corrected chi connectivity index (χ0v) is 13.3. The second-order valence-corrected chi connectivity index (χ2v) is 7.01. The lowest BCUT2D eigenvalue weighted by atomic mass is 9.99. The van der Waals surface area contributed by atoms with Crippen LogP contribution in [0.15, 0.2) is 29.6 Å². The van der Waals surface area contributed by atoms with Crippen LogP contribution in [0.3, 0.4) is 0 Å². The van der Waals surface area contributed by atoms with Crippen LogP contribution in [0.4, 0.5) is 0 Å². The third-order valence-electron chi connectivity index (χ3n) is 3.49. The molecule has 1 aliphatic rings. The first-order valence-corrected chi connectivity index (χ1v) is 7.89. The molecule has 1 aromatic heterocycles. The minimum Gasteiger partial charge on any atom is -0.496 e. The van der Waals surface area contributed by atoms with E-state index < -0.39 is 0 Å². The Bertz CT molecular complexity index is 633. The van der Waals surface area contributed by atoms with Crippen LogP contribution in [0.1, 0.15) is 35.2 Å². The molecule has 106 valence electrons. The quantitative estimate of drug-likeness (QED) is 0.758. The third kappa shape index (κ3) is 2.40. The molecule has 0 radical (unpaired) electrons. The van der Waals surface area contributed by atoms with Gasteiger partial charge in [-0.15, -0.1) is 22.9 Å². The minimum atomic E-state index is -0.182. The van der Waals surface area contributed by atoms with Crippen molar-refractivity contribution in [3.8, 4) is 11.5 Å². The van der Waals surface area contributed by atoms with Crippen molar-refractivity contribution in [1.82, 2.24) is 0 Å². The first-order valence-electron chi connectivity index (χ1n) is 6.57. The first kappa shape index (κ1) is 13.8. The average molecular weight is 309 g/mol. The summed E-state index contributed by atoms with van der Waals surface area (Å²) in [7, 11) is 1.67. The lowest BCUT2D eigenvalue weighted by molar-refractivity contribution is 0.138. The van der Waals surface area contributed by atoms with Gasteiger partial charge in [-0.3, -0.25) is 0 Å². The molecule has 1 unspecified atom stereocenters. The maximum absolute atomic E-state index is 6.62. The monoisotopic (exact) mass is 308 g/mol. The second-order valence-electron chi connectivity index (χ2n) is 5.62. The van der Waals surface area contributed by atoms with Crippen molar-refractivity contribution in [2.45, 2.75) is 31.2 Å². The predicted octanol–water partition coefficient (Wildman–Crippen LogP) is 4.80. The Hall–Kier alpha value is -1.19. The number of thiophene rings is 1. The van der Waals surface area contributed by atoms with Gasteiger partial charge in [-0.2, -0.15) is 0 Å². The number of hydrogen-bond donors (Lipinski definition) is 0. The van der Waals surface area contributed by atoms with E-state index in [1.54, 1.807) is 18.4 Å². The van der Waals surface area contributed by atoms with Crippen LogP contribution in [0.5, 0.6) is 11.5 Å². The number of alkyl halides is 1. The van der Waals surface area contributed by atoms with Crippen molar-refractivity contribution in [2.24, 2.45) is 0 Å². The summed E-state index contributed by atoms with van der Waals surface area (Å²) in [5.74, 6) is 1.83. The van der Waals surface area contributed by atoms with Gasteiger partial charge in [0.1, 0.15) is 17.1 Å². The minimum absolute atomic E-state index is 0.122. The van der Waals surface area contributed by atoms with E-state index in [2.05, 4.69) is 19.9 Å². The summed E-state index contributed by atoms with van der Waals surface area (Å²) in [5, 5.41) is 1.82. The molecular formula is C16H17ClO2S. The highest BCUT2D eigenvalue weighted by atomic mass is 35.5. The number of ether oxygens (including phenoxy) is 2. The van der Waals surface area contributed by atoms with Crippen molar-refractivity contribution in [1.29, 1.82) is 0 Å². The number of benzene rings is 1. The fourth-order valence-electron chi connectivity index (χ4n) is 2.60. The van der Waals surface area contributed by atoms with Crippen LogP contribution in [0.2, 0.25) is 0 Å². The molecule has 0 saturated carbocycles. The summed E-state index contributed by atoms with van der Waals surface area (Å²) in [4.78, 5) is 1.05. The highest BCUT2D eigenvalue weighted by Gasteiger charge is 2.30. The third-order valence-corrected chi connectivity index (χ3v) is 5.05. The molecule has 0 fully saturated rings. The van der Waals surface area contributed by atoms with Crippen LogP contribution >= 0.6 is 22.9 Å². The van der Waals surface area contributed by atoms with E-state index in [1.165, 1.54) is 5.56 Å². The largest absolute Gasteiger partial charge is 0.496 e. The van der Waals surface area contributed by atoms with Gasteiger partial charge in [0.15, 0.2) is 0 Å². The van der Waals surface area contributed by atoms with E-state index in [-0.39, 0.29) is 11.0 Å². The van der Waals surface area contributed by atoms with Gasteiger partial charge in [0.2, 0.25) is 0 Å². The van der Waals surface area contributed by atoms with E-state index in [4.69, 9.17) is 21.1 Å². The number of rotatable bonds is 3. The summed E-state index contributed by atoms with van der Waals surface area (Å²) in [6.45, 7) is 4.21. The molecule has 0 aliphatic carbocycles. The molecule has 1 aromatic carbocycles. The molecule has 2 heterocycles. The average Bonchev–Trinajstić information content (AvgIpc) is 2.98. The zero-order chi connectivity index (χ0) is 14.3. The molecule has 2 aromatic rings. The van der Waals surface area contributed by atoms with Gasteiger partial charge >= 0.3 is 0 Å². The molecule has 0 bridgehead atoms. The standard InChI is InChI=1S/C16H17ClO2S/c1-16(2)9-11-8-10(4-5-12(11)19-16)14(17)15-13(18-3)6-7-20-15/h4-8,14H,9H2,1-3H3.